The molecule has 1 aromatic carbocycles. The Morgan fingerprint density at radius 3 is 2.77 bits per heavy atom. The summed E-state index contributed by atoms with van der Waals surface area (Å²) < 4.78 is 0. The number of alkyl halides is 1. The molecule has 0 spiro atoms. The molecule has 0 bridgehead atoms. The van der Waals surface area contributed by atoms with Crippen molar-refractivity contribution in [2.24, 2.45) is 0 Å². The maximum atomic E-state index is 5.76. The molecule has 0 saturated heterocycles. The standard InChI is InChI=1S/C11H16ClN/c1-2-3-4-9-5-6-11(13)10(7-9)8-12/h5-7H,2-4,8,13H2,1H3. The van der Waals surface area contributed by atoms with Crippen LogP contribution in [-0.4, -0.2) is 0 Å². The molecule has 0 saturated carbocycles. The number of hydrogen-bond donors (Lipinski definition) is 1. The van der Waals surface area contributed by atoms with Gasteiger partial charge in [0.15, 0.2) is 0 Å². The Balaban J connectivity index is 2.74. The van der Waals surface area contributed by atoms with Crippen LogP contribution in [0.2, 0.25) is 0 Å². The van der Waals surface area contributed by atoms with Crippen LogP contribution in [0.3, 0.4) is 0 Å². The average molecular weight is 198 g/mol. The van der Waals surface area contributed by atoms with Gasteiger partial charge in [0.05, 0.1) is 0 Å². The topological polar surface area (TPSA) is 26.0 Å². The summed E-state index contributed by atoms with van der Waals surface area (Å²) in [6.07, 6.45) is 3.58. The lowest BCUT2D eigenvalue weighted by Gasteiger charge is -2.05. The van der Waals surface area contributed by atoms with Crippen LogP contribution in [0.4, 0.5) is 5.69 Å². The quantitative estimate of drug-likeness (QED) is 0.582. The van der Waals surface area contributed by atoms with E-state index < -0.39 is 0 Å². The van der Waals surface area contributed by atoms with Crippen LogP contribution in [0.1, 0.15) is 30.9 Å². The Kier molecular flexibility index (Phi) is 4.10. The molecular weight excluding hydrogens is 182 g/mol. The summed E-state index contributed by atoms with van der Waals surface area (Å²) in [5, 5.41) is 0. The van der Waals surface area contributed by atoms with Gasteiger partial charge in [-0.05, 0) is 30.0 Å². The number of halogens is 1. The summed E-state index contributed by atoms with van der Waals surface area (Å²) in [4.78, 5) is 0. The monoisotopic (exact) mass is 197 g/mol. The van der Waals surface area contributed by atoms with Gasteiger partial charge in [0.25, 0.3) is 0 Å². The second kappa shape index (κ2) is 5.13. The summed E-state index contributed by atoms with van der Waals surface area (Å²) >= 11 is 5.76. The Hall–Kier alpha value is -0.690. The van der Waals surface area contributed by atoms with E-state index in [1.54, 1.807) is 0 Å². The van der Waals surface area contributed by atoms with Crippen molar-refractivity contribution in [3.05, 3.63) is 29.3 Å². The fraction of sp³-hybridized carbons (Fsp3) is 0.455. The first kappa shape index (κ1) is 10.4. The Labute approximate surface area is 84.9 Å². The molecule has 0 fully saturated rings. The molecule has 1 nitrogen and oxygen atoms in total. The highest BCUT2D eigenvalue weighted by molar-refractivity contribution is 6.17. The van der Waals surface area contributed by atoms with Crippen molar-refractivity contribution in [3.8, 4) is 0 Å². The summed E-state index contributed by atoms with van der Waals surface area (Å²) in [6, 6.07) is 6.14. The fourth-order valence-corrected chi connectivity index (χ4v) is 1.54. The second-order valence-electron chi connectivity index (χ2n) is 3.27. The van der Waals surface area contributed by atoms with E-state index >= 15 is 0 Å². The molecule has 0 radical (unpaired) electrons. The second-order valence-corrected chi connectivity index (χ2v) is 3.54. The Bertz CT molecular complexity index is 271. The molecule has 1 rings (SSSR count). The number of hydrogen-bond acceptors (Lipinski definition) is 1. The van der Waals surface area contributed by atoms with E-state index in [-0.39, 0.29) is 0 Å². The number of nitrogen functional groups attached to an aromatic ring is 1. The smallest absolute Gasteiger partial charge is 0.0494 e. The average Bonchev–Trinajstić information content (AvgIpc) is 2.16. The lowest BCUT2D eigenvalue weighted by atomic mass is 10.1. The molecular formula is C11H16ClN. The van der Waals surface area contributed by atoms with Crippen LogP contribution >= 0.6 is 11.6 Å². The van der Waals surface area contributed by atoms with Gasteiger partial charge >= 0.3 is 0 Å². The van der Waals surface area contributed by atoms with Gasteiger partial charge in [-0.15, -0.1) is 11.6 Å². The minimum absolute atomic E-state index is 0.506. The van der Waals surface area contributed by atoms with Crippen molar-refractivity contribution in [3.63, 3.8) is 0 Å². The van der Waals surface area contributed by atoms with Crippen LogP contribution in [0, 0.1) is 0 Å². The van der Waals surface area contributed by atoms with Crippen LogP contribution in [-0.2, 0) is 12.3 Å². The van der Waals surface area contributed by atoms with Crippen LogP contribution in [0.5, 0.6) is 0 Å². The van der Waals surface area contributed by atoms with Crippen LogP contribution < -0.4 is 5.73 Å². The van der Waals surface area contributed by atoms with E-state index in [1.165, 1.54) is 18.4 Å². The van der Waals surface area contributed by atoms with Gasteiger partial charge in [-0.2, -0.15) is 0 Å². The highest BCUT2D eigenvalue weighted by atomic mass is 35.5. The molecule has 2 N–H and O–H groups in total. The van der Waals surface area contributed by atoms with Crippen molar-refractivity contribution in [2.45, 2.75) is 32.1 Å². The lowest BCUT2D eigenvalue weighted by Crippen LogP contribution is -1.94. The third kappa shape index (κ3) is 2.92. The first-order chi connectivity index (χ1) is 6.27. The zero-order chi connectivity index (χ0) is 9.68. The normalized spacial score (nSPS) is 10.3. The molecule has 0 aliphatic carbocycles. The number of aryl methyl sites for hydroxylation is 1. The molecule has 0 aliphatic heterocycles. The van der Waals surface area contributed by atoms with Crippen molar-refractivity contribution < 1.29 is 0 Å². The molecule has 0 amide bonds. The van der Waals surface area contributed by atoms with Gasteiger partial charge in [-0.25, -0.2) is 0 Å². The van der Waals surface area contributed by atoms with E-state index in [1.807, 2.05) is 6.07 Å². The molecule has 0 aromatic heterocycles. The van der Waals surface area contributed by atoms with Crippen molar-refractivity contribution >= 4 is 17.3 Å². The SMILES string of the molecule is CCCCc1ccc(N)c(CCl)c1. The van der Waals surface area contributed by atoms with Gasteiger partial charge in [-0.1, -0.05) is 25.5 Å². The number of nitrogens with two attached hydrogens (primary N) is 1. The molecule has 13 heavy (non-hydrogen) atoms. The van der Waals surface area contributed by atoms with E-state index in [2.05, 4.69) is 19.1 Å². The summed E-state index contributed by atoms with van der Waals surface area (Å²) in [5.41, 5.74) is 8.94. The van der Waals surface area contributed by atoms with E-state index in [0.29, 0.717) is 5.88 Å². The van der Waals surface area contributed by atoms with Gasteiger partial charge < -0.3 is 5.73 Å². The Morgan fingerprint density at radius 2 is 2.15 bits per heavy atom. The van der Waals surface area contributed by atoms with Gasteiger partial charge in [0, 0.05) is 11.6 Å². The van der Waals surface area contributed by atoms with Crippen molar-refractivity contribution in [1.29, 1.82) is 0 Å². The molecule has 0 heterocycles. The number of anilines is 1. The third-order valence-electron chi connectivity index (χ3n) is 2.17. The fourth-order valence-electron chi connectivity index (χ4n) is 1.31. The number of benzene rings is 1. The largest absolute Gasteiger partial charge is 0.398 e. The number of unbranched alkanes of at least 4 members (excludes halogenated alkanes) is 1. The van der Waals surface area contributed by atoms with Gasteiger partial charge in [0.1, 0.15) is 0 Å². The van der Waals surface area contributed by atoms with E-state index in [9.17, 15) is 0 Å². The summed E-state index contributed by atoms with van der Waals surface area (Å²) in [7, 11) is 0. The molecule has 2 heteroatoms. The van der Waals surface area contributed by atoms with Crippen LogP contribution in [0.25, 0.3) is 0 Å². The number of rotatable bonds is 4. The minimum Gasteiger partial charge on any atom is -0.398 e. The van der Waals surface area contributed by atoms with Gasteiger partial charge in [0.2, 0.25) is 0 Å². The molecule has 0 unspecified atom stereocenters. The van der Waals surface area contributed by atoms with Crippen molar-refractivity contribution in [1.82, 2.24) is 0 Å². The van der Waals surface area contributed by atoms with E-state index in [4.69, 9.17) is 17.3 Å². The molecule has 0 aliphatic rings. The summed E-state index contributed by atoms with van der Waals surface area (Å²) in [6.45, 7) is 2.19. The first-order valence-corrected chi connectivity index (χ1v) is 5.24. The maximum absolute atomic E-state index is 5.76. The predicted molar refractivity (Wildman–Crippen MR) is 59.0 cm³/mol. The molecule has 1 aromatic rings. The molecule has 0 atom stereocenters. The summed E-state index contributed by atoms with van der Waals surface area (Å²) in [5.74, 6) is 0.506. The molecule has 72 valence electrons. The Morgan fingerprint density at radius 1 is 1.38 bits per heavy atom. The highest BCUT2D eigenvalue weighted by Gasteiger charge is 1.99. The van der Waals surface area contributed by atoms with E-state index in [0.717, 1.165) is 17.7 Å². The first-order valence-electron chi connectivity index (χ1n) is 4.71. The third-order valence-corrected chi connectivity index (χ3v) is 2.46. The lowest BCUT2D eigenvalue weighted by molar-refractivity contribution is 0.794. The predicted octanol–water partition coefficient (Wildman–Crippen LogP) is 3.35. The van der Waals surface area contributed by atoms with Crippen molar-refractivity contribution in [2.75, 3.05) is 5.73 Å². The minimum atomic E-state index is 0.506. The maximum Gasteiger partial charge on any atom is 0.0494 e. The zero-order valence-electron chi connectivity index (χ0n) is 8.02. The highest BCUT2D eigenvalue weighted by Crippen LogP contribution is 2.17. The van der Waals surface area contributed by atoms with Crippen LogP contribution in [0.15, 0.2) is 18.2 Å². The van der Waals surface area contributed by atoms with Gasteiger partial charge in [-0.3, -0.25) is 0 Å². The zero-order valence-corrected chi connectivity index (χ0v) is 8.77.